The number of hydrogen-bond acceptors (Lipinski definition) is 1. The summed E-state index contributed by atoms with van der Waals surface area (Å²) in [6.07, 6.45) is 2.07. The summed E-state index contributed by atoms with van der Waals surface area (Å²) in [7, 11) is 0. The van der Waals surface area contributed by atoms with Gasteiger partial charge in [-0.3, -0.25) is 4.79 Å². The first kappa shape index (κ1) is 11.5. The molecule has 0 atom stereocenters. The number of carbonyl (C=O) groups excluding carboxylic acids is 1. The first-order valence-electron chi connectivity index (χ1n) is 5.24. The summed E-state index contributed by atoms with van der Waals surface area (Å²) in [4.78, 5) is 11.6. The van der Waals surface area contributed by atoms with Crippen LogP contribution in [0.4, 0.5) is 0 Å². The van der Waals surface area contributed by atoms with Crippen molar-refractivity contribution in [3.63, 3.8) is 0 Å². The second kappa shape index (κ2) is 6.00. The monoisotopic (exact) mass is 200 g/mol. The molecule has 0 amide bonds. The molecule has 78 valence electrons. The van der Waals surface area contributed by atoms with Crippen LogP contribution >= 0.6 is 0 Å². The Morgan fingerprint density at radius 1 is 1.33 bits per heavy atom. The average molecular weight is 200 g/mol. The van der Waals surface area contributed by atoms with Gasteiger partial charge in [0.05, 0.1) is 0 Å². The van der Waals surface area contributed by atoms with Gasteiger partial charge in [0.1, 0.15) is 0 Å². The van der Waals surface area contributed by atoms with Crippen LogP contribution < -0.4 is 0 Å². The molecule has 0 aliphatic rings. The molecule has 0 fully saturated rings. The average Bonchev–Trinajstić information content (AvgIpc) is 2.29. The summed E-state index contributed by atoms with van der Waals surface area (Å²) < 4.78 is 0. The molecular weight excluding hydrogens is 184 g/mol. The summed E-state index contributed by atoms with van der Waals surface area (Å²) in [5.74, 6) is 0.163. The van der Waals surface area contributed by atoms with Crippen LogP contribution in [0.1, 0.15) is 25.3 Å². The van der Waals surface area contributed by atoms with E-state index in [0.29, 0.717) is 12.0 Å². The Balaban J connectivity index is 2.51. The molecule has 0 unspecified atom stereocenters. The van der Waals surface area contributed by atoms with Crippen LogP contribution in [0, 0.1) is 0 Å². The van der Waals surface area contributed by atoms with E-state index in [4.69, 9.17) is 0 Å². The summed E-state index contributed by atoms with van der Waals surface area (Å²) in [6, 6.07) is 10.0. The predicted octanol–water partition coefficient (Wildman–Crippen LogP) is 3.31. The molecule has 0 spiro atoms. The lowest BCUT2D eigenvalue weighted by atomic mass is 10.0. The minimum Gasteiger partial charge on any atom is -0.294 e. The van der Waals surface area contributed by atoms with Crippen LogP contribution in [0.25, 0.3) is 0 Å². The number of allylic oxidation sites excluding steroid dienone is 1. The van der Waals surface area contributed by atoms with Crippen LogP contribution in [0.3, 0.4) is 0 Å². The van der Waals surface area contributed by atoms with Crippen molar-refractivity contribution in [1.82, 2.24) is 0 Å². The van der Waals surface area contributed by atoms with Gasteiger partial charge in [-0.05, 0) is 18.4 Å². The van der Waals surface area contributed by atoms with Crippen LogP contribution in [0.5, 0.6) is 0 Å². The number of aryl methyl sites for hydroxylation is 1. The molecule has 1 nitrogen and oxygen atoms in total. The number of benzene rings is 1. The Labute approximate surface area is 91.1 Å². The molecule has 15 heavy (non-hydrogen) atoms. The van der Waals surface area contributed by atoms with Crippen molar-refractivity contribution in [3.05, 3.63) is 53.8 Å². The van der Waals surface area contributed by atoms with Gasteiger partial charge in [0.15, 0.2) is 5.78 Å². The molecular formula is C14H16O. The summed E-state index contributed by atoms with van der Waals surface area (Å²) in [5.41, 5.74) is 4.62. The molecule has 0 N–H and O–H groups in total. The quantitative estimate of drug-likeness (QED) is 0.526. The molecule has 1 aromatic carbocycles. The fraction of sp³-hybridized carbons (Fsp3) is 0.286. The fourth-order valence-corrected chi connectivity index (χ4v) is 1.47. The van der Waals surface area contributed by atoms with Gasteiger partial charge in [0, 0.05) is 12.0 Å². The first-order chi connectivity index (χ1) is 7.27. The Bertz CT molecular complexity index is 370. The van der Waals surface area contributed by atoms with Crippen LogP contribution in [-0.2, 0) is 11.2 Å². The molecule has 1 aromatic rings. The lowest BCUT2D eigenvalue weighted by Crippen LogP contribution is -2.02. The second-order valence-electron chi connectivity index (χ2n) is 3.42. The SMILES string of the molecule is C=C=C(CC)C(=O)CCc1ccccc1. The van der Waals surface area contributed by atoms with Gasteiger partial charge >= 0.3 is 0 Å². The first-order valence-corrected chi connectivity index (χ1v) is 5.24. The molecule has 0 radical (unpaired) electrons. The van der Waals surface area contributed by atoms with E-state index in [9.17, 15) is 4.79 Å². The van der Waals surface area contributed by atoms with E-state index in [1.54, 1.807) is 0 Å². The largest absolute Gasteiger partial charge is 0.294 e. The van der Waals surface area contributed by atoms with Crippen molar-refractivity contribution >= 4 is 5.78 Å². The second-order valence-corrected chi connectivity index (χ2v) is 3.42. The third-order valence-corrected chi connectivity index (χ3v) is 2.39. The minimum absolute atomic E-state index is 0.163. The topological polar surface area (TPSA) is 17.1 Å². The normalized spacial score (nSPS) is 9.40. The van der Waals surface area contributed by atoms with Crippen LogP contribution in [0.2, 0.25) is 0 Å². The van der Waals surface area contributed by atoms with Gasteiger partial charge in [-0.2, -0.15) is 0 Å². The highest BCUT2D eigenvalue weighted by Gasteiger charge is 2.06. The lowest BCUT2D eigenvalue weighted by Gasteiger charge is -2.01. The zero-order chi connectivity index (χ0) is 11.1. The van der Waals surface area contributed by atoms with E-state index in [-0.39, 0.29) is 5.78 Å². The molecule has 0 heterocycles. The van der Waals surface area contributed by atoms with Crippen molar-refractivity contribution in [2.75, 3.05) is 0 Å². The van der Waals surface area contributed by atoms with E-state index >= 15 is 0 Å². The number of hydrogen-bond donors (Lipinski definition) is 0. The number of rotatable bonds is 5. The van der Waals surface area contributed by atoms with Crippen molar-refractivity contribution in [2.45, 2.75) is 26.2 Å². The molecule has 0 aromatic heterocycles. The maximum absolute atomic E-state index is 11.6. The summed E-state index contributed by atoms with van der Waals surface area (Å²) in [6.45, 7) is 5.48. The van der Waals surface area contributed by atoms with Gasteiger partial charge in [-0.25, -0.2) is 0 Å². The van der Waals surface area contributed by atoms with Gasteiger partial charge in [0.25, 0.3) is 0 Å². The van der Waals surface area contributed by atoms with E-state index in [2.05, 4.69) is 12.3 Å². The van der Waals surface area contributed by atoms with Gasteiger partial charge in [-0.15, -0.1) is 5.73 Å². The zero-order valence-corrected chi connectivity index (χ0v) is 9.12. The Morgan fingerprint density at radius 3 is 2.53 bits per heavy atom. The maximum atomic E-state index is 11.6. The molecule has 0 bridgehead atoms. The van der Waals surface area contributed by atoms with Crippen molar-refractivity contribution in [1.29, 1.82) is 0 Å². The van der Waals surface area contributed by atoms with E-state index in [1.807, 2.05) is 37.3 Å². The smallest absolute Gasteiger partial charge is 0.166 e. The molecule has 1 heteroatoms. The molecule has 0 aliphatic heterocycles. The molecule has 0 saturated carbocycles. The van der Waals surface area contributed by atoms with E-state index in [0.717, 1.165) is 12.8 Å². The van der Waals surface area contributed by atoms with Crippen LogP contribution in [-0.4, -0.2) is 5.78 Å². The predicted molar refractivity (Wildman–Crippen MR) is 62.7 cm³/mol. The van der Waals surface area contributed by atoms with Crippen LogP contribution in [0.15, 0.2) is 48.2 Å². The van der Waals surface area contributed by atoms with Crippen molar-refractivity contribution in [2.24, 2.45) is 0 Å². The molecule has 1 rings (SSSR count). The highest BCUT2D eigenvalue weighted by Crippen LogP contribution is 2.08. The Kier molecular flexibility index (Phi) is 4.59. The summed E-state index contributed by atoms with van der Waals surface area (Å²) >= 11 is 0. The van der Waals surface area contributed by atoms with Crippen molar-refractivity contribution < 1.29 is 4.79 Å². The Morgan fingerprint density at radius 2 is 2.00 bits per heavy atom. The van der Waals surface area contributed by atoms with E-state index < -0.39 is 0 Å². The third-order valence-electron chi connectivity index (χ3n) is 2.39. The third kappa shape index (κ3) is 3.57. The minimum atomic E-state index is 0.163. The highest BCUT2D eigenvalue weighted by atomic mass is 16.1. The van der Waals surface area contributed by atoms with Gasteiger partial charge < -0.3 is 0 Å². The van der Waals surface area contributed by atoms with Crippen molar-refractivity contribution in [3.8, 4) is 0 Å². The van der Waals surface area contributed by atoms with Gasteiger partial charge in [0.2, 0.25) is 0 Å². The Hall–Kier alpha value is -1.59. The number of ketones is 1. The van der Waals surface area contributed by atoms with Gasteiger partial charge in [-0.1, -0.05) is 43.8 Å². The lowest BCUT2D eigenvalue weighted by molar-refractivity contribution is -0.115. The standard InChI is InChI=1S/C14H16O/c1-3-13(4-2)14(15)11-10-12-8-6-5-7-9-12/h5-9H,1,4,10-11H2,2H3. The highest BCUT2D eigenvalue weighted by molar-refractivity contribution is 5.95. The zero-order valence-electron chi connectivity index (χ0n) is 9.12. The molecule has 0 aliphatic carbocycles. The fourth-order valence-electron chi connectivity index (χ4n) is 1.47. The molecule has 0 saturated heterocycles. The van der Waals surface area contributed by atoms with E-state index in [1.165, 1.54) is 5.56 Å². The maximum Gasteiger partial charge on any atom is 0.166 e. The summed E-state index contributed by atoms with van der Waals surface area (Å²) in [5, 5.41) is 0. The number of Topliss-reactive ketones (excluding diaryl/α,β-unsaturated/α-hetero) is 1. The number of carbonyl (C=O) groups is 1.